The second-order valence-corrected chi connectivity index (χ2v) is 18.1. The predicted molar refractivity (Wildman–Crippen MR) is 211 cm³/mol. The average Bonchev–Trinajstić information content (AvgIpc) is 3.69. The molecule has 0 fully saturated rings. The zero-order valence-electron chi connectivity index (χ0n) is 30.1. The van der Waals surface area contributed by atoms with E-state index in [2.05, 4.69) is 150 Å². The maximum absolute atomic E-state index is 2.64. The Morgan fingerprint density at radius 1 is 0.574 bits per heavy atom. The zero-order chi connectivity index (χ0) is 30.8. The monoisotopic (exact) mass is 802 g/mol. The number of rotatable bonds is 11. The quantitative estimate of drug-likeness (QED) is 0.0695. The molecular formula is C45H54HfSi. The van der Waals surface area contributed by atoms with E-state index in [-0.39, 0.29) is 40.7 Å². The Kier molecular flexibility index (Phi) is 13.6. The summed E-state index contributed by atoms with van der Waals surface area (Å²) in [5.74, 6) is 1.04. The summed E-state index contributed by atoms with van der Waals surface area (Å²) in [5.41, 5.74) is 8.19. The Labute approximate surface area is 306 Å². The molecular weight excluding hydrogens is 747 g/mol. The van der Waals surface area contributed by atoms with E-state index in [1.165, 1.54) is 86.7 Å². The third-order valence-electron chi connectivity index (χ3n) is 10.0. The molecule has 0 aliphatic carbocycles. The summed E-state index contributed by atoms with van der Waals surface area (Å²) >= 11 is 0. The Hall–Kier alpha value is -2.81. The smallest absolute Gasteiger partial charge is 0.358 e. The first kappa shape index (κ1) is 38.6. The van der Waals surface area contributed by atoms with Crippen LogP contribution in [-0.4, -0.2) is 8.07 Å². The molecule has 0 spiro atoms. The molecule has 6 aromatic rings. The summed E-state index contributed by atoms with van der Waals surface area (Å²) in [4.78, 5) is 0. The van der Waals surface area contributed by atoms with Crippen molar-refractivity contribution in [3.8, 4) is 22.3 Å². The fourth-order valence-corrected chi connectivity index (χ4v) is 10.8. The SMILES string of the molecule is CCCCCC[Si](C)(c1cc2c(-c3cccc(C(C)C)c3)cccc2[cH-]1)c1cc2c(-c3cccc(C(C)C)c3)cccc2[cH-]1.[CH3-].[CH3-].[Hf+4]. The van der Waals surface area contributed by atoms with Crippen LogP contribution in [0.4, 0.5) is 0 Å². The van der Waals surface area contributed by atoms with E-state index in [4.69, 9.17) is 0 Å². The topological polar surface area (TPSA) is 0 Å². The first-order valence-electron chi connectivity index (χ1n) is 16.9. The molecule has 0 nitrogen and oxygen atoms in total. The molecule has 0 aromatic heterocycles. The van der Waals surface area contributed by atoms with E-state index in [0.717, 1.165) is 0 Å². The Bertz CT molecular complexity index is 1750. The molecule has 6 rings (SSSR count). The maximum atomic E-state index is 2.64. The van der Waals surface area contributed by atoms with Gasteiger partial charge in [-0.2, -0.15) is 12.1 Å². The molecule has 0 N–H and O–H groups in total. The van der Waals surface area contributed by atoms with E-state index >= 15 is 0 Å². The molecule has 0 bridgehead atoms. The van der Waals surface area contributed by atoms with Gasteiger partial charge >= 0.3 is 25.8 Å². The average molecular weight is 802 g/mol. The number of fused-ring (bicyclic) bond motifs is 2. The largest absolute Gasteiger partial charge is 4.00 e. The van der Waals surface area contributed by atoms with Crippen LogP contribution in [-0.2, 0) is 25.8 Å². The van der Waals surface area contributed by atoms with Gasteiger partial charge in [-0.25, -0.2) is 0 Å². The molecule has 0 saturated carbocycles. The summed E-state index contributed by atoms with van der Waals surface area (Å²) in [6.07, 6.45) is 5.21. The van der Waals surface area contributed by atoms with Gasteiger partial charge in [-0.05, 0) is 34.1 Å². The molecule has 0 saturated heterocycles. The standard InChI is InChI=1S/C43H48Si.2CH3.Hf/c1-7-8-9-10-23-44(6,38-26-36-19-13-21-40(42(36)28-38)34-17-11-15-32(24-34)30(2)3)39-27-37-20-14-22-41(43(37)29-39)35-18-12-16-33(25-35)31(4)5;;;/h11-22,24-31H,7-10,23H2,1-6H3;2*1H3;/q-2;2*-1;+4. The van der Waals surface area contributed by atoms with Crippen molar-refractivity contribution in [3.63, 3.8) is 0 Å². The molecule has 0 heterocycles. The minimum absolute atomic E-state index is 0. The van der Waals surface area contributed by atoms with E-state index in [1.54, 1.807) is 10.4 Å². The molecule has 0 aliphatic heterocycles. The van der Waals surface area contributed by atoms with Crippen molar-refractivity contribution in [2.24, 2.45) is 0 Å². The molecule has 0 atom stereocenters. The van der Waals surface area contributed by atoms with Crippen molar-refractivity contribution in [1.82, 2.24) is 0 Å². The third-order valence-corrected chi connectivity index (χ3v) is 14.5. The minimum Gasteiger partial charge on any atom is -0.358 e. The summed E-state index contributed by atoms with van der Waals surface area (Å²) < 4.78 is 0. The van der Waals surface area contributed by atoms with E-state index < -0.39 is 8.07 Å². The van der Waals surface area contributed by atoms with Crippen molar-refractivity contribution in [3.05, 3.63) is 135 Å². The molecule has 6 aromatic carbocycles. The van der Waals surface area contributed by atoms with Gasteiger partial charge in [0.05, 0.1) is 8.07 Å². The van der Waals surface area contributed by atoms with E-state index in [0.29, 0.717) is 11.8 Å². The number of hydrogen-bond donors (Lipinski definition) is 0. The summed E-state index contributed by atoms with van der Waals surface area (Å²) in [5, 5.41) is 8.71. The zero-order valence-corrected chi connectivity index (χ0v) is 34.7. The number of hydrogen-bond acceptors (Lipinski definition) is 0. The van der Waals surface area contributed by atoms with Gasteiger partial charge in [0, 0.05) is 0 Å². The van der Waals surface area contributed by atoms with Crippen molar-refractivity contribution in [2.45, 2.75) is 84.7 Å². The van der Waals surface area contributed by atoms with Gasteiger partial charge in [0.25, 0.3) is 0 Å². The maximum Gasteiger partial charge on any atom is 4.00 e. The van der Waals surface area contributed by atoms with Crippen LogP contribution in [0, 0.1) is 14.9 Å². The van der Waals surface area contributed by atoms with Crippen LogP contribution in [0.1, 0.15) is 83.3 Å². The van der Waals surface area contributed by atoms with Gasteiger partial charge in [0.15, 0.2) is 0 Å². The molecule has 0 unspecified atom stereocenters. The van der Waals surface area contributed by atoms with Gasteiger partial charge in [0.1, 0.15) is 0 Å². The molecule has 242 valence electrons. The first-order valence-corrected chi connectivity index (χ1v) is 19.6. The Morgan fingerprint density at radius 3 is 1.45 bits per heavy atom. The molecule has 0 amide bonds. The third kappa shape index (κ3) is 7.92. The molecule has 0 aliphatic rings. The predicted octanol–water partition coefficient (Wildman–Crippen LogP) is 12.7. The summed E-state index contributed by atoms with van der Waals surface area (Å²) in [6.45, 7) is 14.1. The van der Waals surface area contributed by atoms with Crippen molar-refractivity contribution < 1.29 is 25.8 Å². The van der Waals surface area contributed by atoms with Gasteiger partial charge in [-0.3, -0.25) is 0 Å². The molecule has 0 radical (unpaired) electrons. The minimum atomic E-state index is -2.02. The van der Waals surface area contributed by atoms with Gasteiger partial charge < -0.3 is 14.9 Å². The van der Waals surface area contributed by atoms with Crippen molar-refractivity contribution in [2.75, 3.05) is 0 Å². The molecule has 47 heavy (non-hydrogen) atoms. The van der Waals surface area contributed by atoms with Crippen molar-refractivity contribution in [1.29, 1.82) is 0 Å². The van der Waals surface area contributed by atoms with E-state index in [9.17, 15) is 0 Å². The van der Waals surface area contributed by atoms with Crippen LogP contribution in [0.2, 0.25) is 12.6 Å². The van der Waals surface area contributed by atoms with Crippen LogP contribution < -0.4 is 10.4 Å². The van der Waals surface area contributed by atoms with Crippen LogP contribution in [0.15, 0.2) is 109 Å². The summed E-state index contributed by atoms with van der Waals surface area (Å²) in [6, 6.07) is 43.6. The van der Waals surface area contributed by atoms with Crippen molar-refractivity contribution >= 4 is 40.0 Å². The van der Waals surface area contributed by atoms with E-state index in [1.807, 2.05) is 0 Å². The summed E-state index contributed by atoms with van der Waals surface area (Å²) in [7, 11) is -2.02. The van der Waals surface area contributed by atoms with Crippen LogP contribution in [0.25, 0.3) is 43.8 Å². The number of unbranched alkanes of at least 4 members (excludes halogenated alkanes) is 3. The Morgan fingerprint density at radius 2 is 1.02 bits per heavy atom. The second kappa shape index (κ2) is 16.5. The fraction of sp³-hybridized carbons (Fsp3) is 0.289. The van der Waals surface area contributed by atoms with Gasteiger partial charge in [-0.15, -0.1) is 68.3 Å². The second-order valence-electron chi connectivity index (χ2n) is 13.8. The van der Waals surface area contributed by atoms with Crippen LogP contribution >= 0.6 is 0 Å². The molecule has 2 heteroatoms. The van der Waals surface area contributed by atoms with Crippen LogP contribution in [0.3, 0.4) is 0 Å². The Balaban J connectivity index is 0.00000200. The normalized spacial score (nSPS) is 11.5. The number of benzene rings is 4. The van der Waals surface area contributed by atoms with Gasteiger partial charge in [0.2, 0.25) is 0 Å². The first-order chi connectivity index (χ1) is 21.3. The fourth-order valence-electron chi connectivity index (χ4n) is 7.10. The van der Waals surface area contributed by atoms with Gasteiger partial charge in [-0.1, -0.05) is 145 Å². The van der Waals surface area contributed by atoms with Crippen LogP contribution in [0.5, 0.6) is 0 Å².